The lowest BCUT2D eigenvalue weighted by molar-refractivity contribution is 0.00770. The lowest BCUT2D eigenvalue weighted by Crippen LogP contribution is -2.34. The van der Waals surface area contributed by atoms with Crippen LogP contribution in [0.4, 0.5) is 10.5 Å². The van der Waals surface area contributed by atoms with Crippen molar-refractivity contribution in [2.45, 2.75) is 24.4 Å². The SMILES string of the molecule is O=C(Nc1ccc(Oc2ccccc2)cc1)O[C@@H]1CO[C@H]2[C@@H]1OC[C@@H]2n1cc(-c2ccccc2)nn1. The number of hydrogen-bond donors (Lipinski definition) is 1. The van der Waals surface area contributed by atoms with Crippen LogP contribution in [0.15, 0.2) is 91.1 Å². The molecule has 4 atom stereocenters. The van der Waals surface area contributed by atoms with Gasteiger partial charge in [-0.05, 0) is 36.4 Å². The molecule has 2 aliphatic rings. The molecule has 4 aromatic rings. The summed E-state index contributed by atoms with van der Waals surface area (Å²) in [4.78, 5) is 12.5. The minimum absolute atomic E-state index is 0.145. The van der Waals surface area contributed by atoms with Gasteiger partial charge in [0.15, 0.2) is 6.10 Å². The first kappa shape index (κ1) is 22.3. The van der Waals surface area contributed by atoms with Crippen molar-refractivity contribution in [3.63, 3.8) is 0 Å². The summed E-state index contributed by atoms with van der Waals surface area (Å²) in [5.74, 6) is 1.41. The van der Waals surface area contributed by atoms with Gasteiger partial charge in [-0.3, -0.25) is 5.32 Å². The fourth-order valence-electron chi connectivity index (χ4n) is 4.47. The number of fused-ring (bicyclic) bond motifs is 1. The molecule has 9 heteroatoms. The third kappa shape index (κ3) is 4.66. The van der Waals surface area contributed by atoms with Crippen molar-refractivity contribution >= 4 is 11.8 Å². The van der Waals surface area contributed by atoms with Gasteiger partial charge in [-0.25, -0.2) is 9.48 Å². The topological polar surface area (TPSA) is 96.7 Å². The van der Waals surface area contributed by atoms with Crippen molar-refractivity contribution in [3.05, 3.63) is 91.1 Å². The molecule has 3 heterocycles. The van der Waals surface area contributed by atoms with Crippen LogP contribution >= 0.6 is 0 Å². The number of carbonyl (C=O) groups excluding carboxylic acids is 1. The minimum atomic E-state index is -0.569. The first-order chi connectivity index (χ1) is 17.7. The highest BCUT2D eigenvalue weighted by molar-refractivity contribution is 5.84. The molecule has 2 aliphatic heterocycles. The summed E-state index contributed by atoms with van der Waals surface area (Å²) >= 11 is 0. The fourth-order valence-corrected chi connectivity index (χ4v) is 4.47. The predicted octanol–water partition coefficient (Wildman–Crippen LogP) is 4.69. The number of nitrogens with one attached hydrogen (secondary N) is 1. The molecule has 0 radical (unpaired) electrons. The highest BCUT2D eigenvalue weighted by atomic mass is 16.6. The molecule has 2 saturated heterocycles. The Labute approximate surface area is 207 Å². The summed E-state index contributed by atoms with van der Waals surface area (Å²) < 4.78 is 25.1. The quantitative estimate of drug-likeness (QED) is 0.424. The van der Waals surface area contributed by atoms with Crippen molar-refractivity contribution in [2.75, 3.05) is 18.5 Å². The van der Waals surface area contributed by atoms with Crippen molar-refractivity contribution in [2.24, 2.45) is 0 Å². The van der Waals surface area contributed by atoms with Crippen LogP contribution in [0.5, 0.6) is 11.5 Å². The number of carbonyl (C=O) groups is 1. The second kappa shape index (κ2) is 9.80. The molecule has 0 unspecified atom stereocenters. The van der Waals surface area contributed by atoms with E-state index < -0.39 is 12.2 Å². The number of ether oxygens (including phenoxy) is 4. The Morgan fingerprint density at radius 3 is 2.33 bits per heavy atom. The van der Waals surface area contributed by atoms with Crippen LogP contribution in [0.25, 0.3) is 11.3 Å². The van der Waals surface area contributed by atoms with Gasteiger partial charge in [-0.2, -0.15) is 0 Å². The van der Waals surface area contributed by atoms with Crippen LogP contribution in [-0.4, -0.2) is 52.6 Å². The van der Waals surface area contributed by atoms with Gasteiger partial charge in [0.2, 0.25) is 0 Å². The Bertz CT molecular complexity index is 1310. The average molecular weight is 485 g/mol. The van der Waals surface area contributed by atoms with Gasteiger partial charge in [0.05, 0.1) is 19.4 Å². The summed E-state index contributed by atoms with van der Waals surface area (Å²) in [5.41, 5.74) is 2.37. The Morgan fingerprint density at radius 1 is 0.861 bits per heavy atom. The molecule has 0 bridgehead atoms. The van der Waals surface area contributed by atoms with E-state index in [1.165, 1.54) is 0 Å². The second-order valence-corrected chi connectivity index (χ2v) is 8.62. The maximum atomic E-state index is 12.5. The standard InChI is InChI=1S/C27H24N4O5/c32-27(28-19-11-13-21(14-12-19)35-20-9-5-2-6-10-20)36-24-17-34-25-23(16-33-26(24)25)31-15-22(29-30-31)18-7-3-1-4-8-18/h1-15,23-26H,16-17H2,(H,28,32)/t23-,24+,25+,26+/m0/s1. The number of aromatic nitrogens is 3. The van der Waals surface area contributed by atoms with Crippen molar-refractivity contribution in [1.29, 1.82) is 0 Å². The van der Waals surface area contributed by atoms with Crippen LogP contribution < -0.4 is 10.1 Å². The molecular formula is C27H24N4O5. The van der Waals surface area contributed by atoms with E-state index in [0.29, 0.717) is 18.0 Å². The zero-order valence-corrected chi connectivity index (χ0v) is 19.3. The second-order valence-electron chi connectivity index (χ2n) is 8.62. The molecule has 3 aromatic carbocycles. The number of nitrogens with zero attached hydrogens (tertiary/aromatic N) is 3. The first-order valence-corrected chi connectivity index (χ1v) is 11.7. The van der Waals surface area contributed by atoms with Crippen molar-refractivity contribution in [1.82, 2.24) is 15.0 Å². The number of amides is 1. The first-order valence-electron chi connectivity index (χ1n) is 11.7. The zero-order chi connectivity index (χ0) is 24.3. The van der Waals surface area contributed by atoms with Crippen LogP contribution in [0.1, 0.15) is 6.04 Å². The van der Waals surface area contributed by atoms with Crippen LogP contribution in [0, 0.1) is 0 Å². The summed E-state index contributed by atoms with van der Waals surface area (Å²) in [6, 6.07) is 26.3. The van der Waals surface area contributed by atoms with Gasteiger partial charge in [0.25, 0.3) is 0 Å². The summed E-state index contributed by atoms with van der Waals surface area (Å²) in [6.45, 7) is 0.653. The molecule has 1 aromatic heterocycles. The molecule has 0 aliphatic carbocycles. The molecular weight excluding hydrogens is 460 g/mol. The zero-order valence-electron chi connectivity index (χ0n) is 19.3. The summed E-state index contributed by atoms with van der Waals surface area (Å²) in [6.07, 6.45) is 0.161. The van der Waals surface area contributed by atoms with Gasteiger partial charge in [-0.1, -0.05) is 53.7 Å². The lowest BCUT2D eigenvalue weighted by atomic mass is 10.1. The molecule has 1 amide bonds. The van der Waals surface area contributed by atoms with E-state index in [2.05, 4.69) is 15.6 Å². The van der Waals surface area contributed by atoms with Gasteiger partial charge in [0, 0.05) is 11.3 Å². The summed E-state index contributed by atoms with van der Waals surface area (Å²) in [5, 5.41) is 11.3. The molecule has 36 heavy (non-hydrogen) atoms. The number of rotatable bonds is 6. The van der Waals surface area contributed by atoms with E-state index in [9.17, 15) is 4.79 Å². The fraction of sp³-hybridized carbons (Fsp3) is 0.222. The van der Waals surface area contributed by atoms with E-state index in [-0.39, 0.29) is 24.9 Å². The van der Waals surface area contributed by atoms with Crippen LogP contribution in [-0.2, 0) is 14.2 Å². The normalized spacial score (nSPS) is 22.7. The van der Waals surface area contributed by atoms with Crippen molar-refractivity contribution in [3.8, 4) is 22.8 Å². The lowest BCUT2D eigenvalue weighted by Gasteiger charge is -2.17. The van der Waals surface area contributed by atoms with Gasteiger partial charge in [-0.15, -0.1) is 5.10 Å². The third-order valence-corrected chi connectivity index (χ3v) is 6.24. The van der Waals surface area contributed by atoms with E-state index in [1.807, 2.05) is 66.9 Å². The Balaban J connectivity index is 1.04. The maximum absolute atomic E-state index is 12.5. The Hall–Kier alpha value is -4.21. The average Bonchev–Trinajstić information content (AvgIpc) is 3.64. The van der Waals surface area contributed by atoms with Gasteiger partial charge < -0.3 is 18.9 Å². The molecule has 2 fully saturated rings. The molecule has 0 spiro atoms. The number of benzene rings is 3. The summed E-state index contributed by atoms with van der Waals surface area (Å²) in [7, 11) is 0. The van der Waals surface area contributed by atoms with E-state index in [0.717, 1.165) is 17.0 Å². The number of para-hydroxylation sites is 1. The predicted molar refractivity (Wildman–Crippen MR) is 131 cm³/mol. The Kier molecular flexibility index (Phi) is 6.06. The number of hydrogen-bond acceptors (Lipinski definition) is 7. The maximum Gasteiger partial charge on any atom is 0.412 e. The molecule has 0 saturated carbocycles. The molecule has 6 rings (SSSR count). The van der Waals surface area contributed by atoms with E-state index in [1.54, 1.807) is 28.9 Å². The minimum Gasteiger partial charge on any atom is -0.457 e. The molecule has 9 nitrogen and oxygen atoms in total. The van der Waals surface area contributed by atoms with Gasteiger partial charge >= 0.3 is 6.09 Å². The Morgan fingerprint density at radius 2 is 1.56 bits per heavy atom. The van der Waals surface area contributed by atoms with Crippen LogP contribution in [0.3, 0.4) is 0 Å². The van der Waals surface area contributed by atoms with Crippen molar-refractivity contribution < 1.29 is 23.7 Å². The molecule has 182 valence electrons. The van der Waals surface area contributed by atoms with E-state index >= 15 is 0 Å². The largest absolute Gasteiger partial charge is 0.457 e. The van der Waals surface area contributed by atoms with E-state index in [4.69, 9.17) is 18.9 Å². The number of anilines is 1. The molecule has 1 N–H and O–H groups in total. The van der Waals surface area contributed by atoms with Crippen LogP contribution in [0.2, 0.25) is 0 Å². The highest BCUT2D eigenvalue weighted by Crippen LogP contribution is 2.36. The third-order valence-electron chi connectivity index (χ3n) is 6.24. The monoisotopic (exact) mass is 484 g/mol. The van der Waals surface area contributed by atoms with Gasteiger partial charge in [0.1, 0.15) is 35.4 Å². The highest BCUT2D eigenvalue weighted by Gasteiger charge is 2.50. The smallest absolute Gasteiger partial charge is 0.412 e.